The SMILES string of the molecule is CC(C)c1c(C(=O)O)c(-c2ccccc2)c(-c2ccc(F)cc2)n1CC[C@@H]1C[C@@H](O)CC(=O)O1. The summed E-state index contributed by atoms with van der Waals surface area (Å²) in [4.78, 5) is 24.4. The molecule has 0 unspecified atom stereocenters. The molecule has 2 aromatic carbocycles. The number of ether oxygens (including phenoxy) is 1. The number of hydrogen-bond acceptors (Lipinski definition) is 4. The summed E-state index contributed by atoms with van der Waals surface area (Å²) in [5, 5.41) is 20.3. The van der Waals surface area contributed by atoms with Crippen LogP contribution in [0, 0.1) is 5.82 Å². The first-order chi connectivity index (χ1) is 16.3. The predicted molar refractivity (Wildman–Crippen MR) is 126 cm³/mol. The van der Waals surface area contributed by atoms with Crippen molar-refractivity contribution < 1.29 is 28.9 Å². The van der Waals surface area contributed by atoms with Crippen molar-refractivity contribution in [2.75, 3.05) is 0 Å². The largest absolute Gasteiger partial charge is 0.478 e. The Morgan fingerprint density at radius 1 is 1.12 bits per heavy atom. The van der Waals surface area contributed by atoms with E-state index in [0.717, 1.165) is 5.56 Å². The molecular weight excluding hydrogens is 437 g/mol. The smallest absolute Gasteiger partial charge is 0.338 e. The summed E-state index contributed by atoms with van der Waals surface area (Å²) in [6.07, 6.45) is -0.467. The molecule has 0 amide bonds. The summed E-state index contributed by atoms with van der Waals surface area (Å²) >= 11 is 0. The number of carboxylic acids is 1. The average molecular weight is 466 g/mol. The highest BCUT2D eigenvalue weighted by Crippen LogP contribution is 2.42. The fourth-order valence-electron chi connectivity index (χ4n) is 4.79. The van der Waals surface area contributed by atoms with Gasteiger partial charge in [-0.05, 0) is 41.3 Å². The number of carbonyl (C=O) groups is 2. The van der Waals surface area contributed by atoms with Gasteiger partial charge in [-0.15, -0.1) is 0 Å². The summed E-state index contributed by atoms with van der Waals surface area (Å²) in [5.74, 6) is -1.98. The van der Waals surface area contributed by atoms with Gasteiger partial charge in [0.1, 0.15) is 11.9 Å². The highest BCUT2D eigenvalue weighted by Gasteiger charge is 2.32. The lowest BCUT2D eigenvalue weighted by atomic mass is 9.95. The van der Waals surface area contributed by atoms with E-state index in [1.807, 2.05) is 48.7 Å². The number of carbonyl (C=O) groups excluding carboxylic acids is 1. The highest BCUT2D eigenvalue weighted by atomic mass is 19.1. The van der Waals surface area contributed by atoms with Gasteiger partial charge in [0.2, 0.25) is 0 Å². The van der Waals surface area contributed by atoms with E-state index < -0.39 is 24.1 Å². The number of esters is 1. The predicted octanol–water partition coefficient (Wildman–Crippen LogP) is 5.24. The molecule has 0 aliphatic carbocycles. The monoisotopic (exact) mass is 465 g/mol. The Morgan fingerprint density at radius 2 is 1.79 bits per heavy atom. The maximum atomic E-state index is 13.8. The number of benzene rings is 2. The number of aromatic nitrogens is 1. The molecule has 2 atom stereocenters. The molecule has 1 saturated heterocycles. The van der Waals surface area contributed by atoms with Crippen LogP contribution >= 0.6 is 0 Å². The number of aliphatic hydroxyl groups excluding tert-OH is 1. The zero-order chi connectivity index (χ0) is 24.4. The summed E-state index contributed by atoms with van der Waals surface area (Å²) < 4.78 is 21.1. The number of nitrogens with zero attached hydrogens (tertiary/aromatic N) is 1. The van der Waals surface area contributed by atoms with Crippen molar-refractivity contribution in [3.8, 4) is 22.4 Å². The minimum absolute atomic E-state index is 0.0145. The molecule has 2 N–H and O–H groups in total. The molecule has 3 aromatic rings. The van der Waals surface area contributed by atoms with Gasteiger partial charge in [-0.25, -0.2) is 9.18 Å². The van der Waals surface area contributed by atoms with Crippen molar-refractivity contribution in [3.63, 3.8) is 0 Å². The number of aliphatic hydroxyl groups is 1. The molecule has 0 spiro atoms. The van der Waals surface area contributed by atoms with E-state index in [4.69, 9.17) is 4.74 Å². The van der Waals surface area contributed by atoms with E-state index in [0.29, 0.717) is 41.9 Å². The molecule has 34 heavy (non-hydrogen) atoms. The van der Waals surface area contributed by atoms with Crippen LogP contribution in [0.3, 0.4) is 0 Å². The third-order valence-electron chi connectivity index (χ3n) is 6.15. The van der Waals surface area contributed by atoms with E-state index in [1.54, 1.807) is 12.1 Å². The van der Waals surface area contributed by atoms with Crippen molar-refractivity contribution >= 4 is 11.9 Å². The molecule has 178 valence electrons. The van der Waals surface area contributed by atoms with Gasteiger partial charge in [-0.1, -0.05) is 44.2 Å². The van der Waals surface area contributed by atoms with Crippen LogP contribution in [0.2, 0.25) is 0 Å². The number of rotatable bonds is 7. The van der Waals surface area contributed by atoms with E-state index >= 15 is 0 Å². The van der Waals surface area contributed by atoms with Gasteiger partial charge in [0.25, 0.3) is 0 Å². The zero-order valence-corrected chi connectivity index (χ0v) is 19.2. The zero-order valence-electron chi connectivity index (χ0n) is 19.2. The van der Waals surface area contributed by atoms with Crippen LogP contribution in [0.1, 0.15) is 55.1 Å². The van der Waals surface area contributed by atoms with Crippen LogP contribution in [0.4, 0.5) is 4.39 Å². The average Bonchev–Trinajstić information content (AvgIpc) is 3.14. The number of cyclic esters (lactones) is 1. The maximum Gasteiger partial charge on any atom is 0.338 e. The lowest BCUT2D eigenvalue weighted by Gasteiger charge is -2.27. The lowest BCUT2D eigenvalue weighted by Crippen LogP contribution is -2.33. The number of aromatic carboxylic acids is 1. The Morgan fingerprint density at radius 3 is 2.38 bits per heavy atom. The second-order valence-corrected chi connectivity index (χ2v) is 8.96. The highest BCUT2D eigenvalue weighted by molar-refractivity contribution is 6.03. The van der Waals surface area contributed by atoms with E-state index in [1.165, 1.54) is 12.1 Å². The van der Waals surface area contributed by atoms with E-state index in [-0.39, 0.29) is 23.7 Å². The van der Waals surface area contributed by atoms with Crippen LogP contribution in [0.15, 0.2) is 54.6 Å². The second-order valence-electron chi connectivity index (χ2n) is 8.96. The second kappa shape index (κ2) is 9.81. The molecule has 1 aliphatic rings. The molecule has 1 aliphatic heterocycles. The van der Waals surface area contributed by atoms with Crippen LogP contribution < -0.4 is 0 Å². The minimum Gasteiger partial charge on any atom is -0.478 e. The van der Waals surface area contributed by atoms with Crippen LogP contribution in [-0.2, 0) is 16.1 Å². The maximum absolute atomic E-state index is 13.8. The Labute approximate surface area is 197 Å². The van der Waals surface area contributed by atoms with Gasteiger partial charge in [0.05, 0.1) is 23.8 Å². The first kappa shape index (κ1) is 23.7. The molecule has 2 heterocycles. The fraction of sp³-hybridized carbons (Fsp3) is 0.333. The molecule has 6 nitrogen and oxygen atoms in total. The Balaban J connectivity index is 1.91. The van der Waals surface area contributed by atoms with Crippen molar-refractivity contribution in [2.45, 2.75) is 57.8 Å². The normalized spacial score (nSPS) is 18.2. The third kappa shape index (κ3) is 4.75. The Bertz CT molecular complexity index is 1180. The van der Waals surface area contributed by atoms with E-state index in [9.17, 15) is 24.2 Å². The molecule has 7 heteroatoms. The van der Waals surface area contributed by atoms with E-state index in [2.05, 4.69) is 0 Å². The molecule has 0 saturated carbocycles. The quantitative estimate of drug-likeness (QED) is 0.466. The van der Waals surface area contributed by atoms with Gasteiger partial charge in [0, 0.05) is 30.6 Å². The molecule has 0 radical (unpaired) electrons. The van der Waals surface area contributed by atoms with Crippen molar-refractivity contribution in [1.29, 1.82) is 0 Å². The number of hydrogen-bond donors (Lipinski definition) is 2. The summed E-state index contributed by atoms with van der Waals surface area (Å²) in [5.41, 5.74) is 3.54. The molecule has 4 rings (SSSR count). The van der Waals surface area contributed by atoms with Crippen molar-refractivity contribution in [1.82, 2.24) is 4.57 Å². The first-order valence-corrected chi connectivity index (χ1v) is 11.4. The Kier molecular flexibility index (Phi) is 6.84. The summed E-state index contributed by atoms with van der Waals surface area (Å²) in [7, 11) is 0. The molecule has 1 fully saturated rings. The topological polar surface area (TPSA) is 88.8 Å². The van der Waals surface area contributed by atoms with Gasteiger partial charge in [-0.2, -0.15) is 0 Å². The summed E-state index contributed by atoms with van der Waals surface area (Å²) in [6.45, 7) is 4.25. The number of carboxylic acid groups (broad SMARTS) is 1. The van der Waals surface area contributed by atoms with Crippen molar-refractivity contribution in [3.05, 3.63) is 71.7 Å². The van der Waals surface area contributed by atoms with Gasteiger partial charge in [-0.3, -0.25) is 4.79 Å². The van der Waals surface area contributed by atoms with Crippen LogP contribution in [0.25, 0.3) is 22.4 Å². The third-order valence-corrected chi connectivity index (χ3v) is 6.15. The first-order valence-electron chi connectivity index (χ1n) is 11.4. The lowest BCUT2D eigenvalue weighted by molar-refractivity contribution is -0.160. The van der Waals surface area contributed by atoms with Crippen LogP contribution in [0.5, 0.6) is 0 Å². The Hall–Kier alpha value is -3.45. The van der Waals surface area contributed by atoms with Gasteiger partial charge < -0.3 is 19.5 Å². The molecule has 1 aromatic heterocycles. The minimum atomic E-state index is -1.04. The molecule has 0 bridgehead atoms. The van der Waals surface area contributed by atoms with Gasteiger partial charge in [0.15, 0.2) is 0 Å². The summed E-state index contributed by atoms with van der Waals surface area (Å²) in [6, 6.07) is 15.3. The standard InChI is InChI=1S/C27H28FNO5/c1-16(2)25-24(27(32)33)23(17-6-4-3-5-7-17)26(18-8-10-19(28)11-9-18)29(25)13-12-21-14-20(30)15-22(31)34-21/h3-11,16,20-21,30H,12-15H2,1-2H3,(H,32,33)/t20-,21-/m1/s1. The van der Waals surface area contributed by atoms with Crippen molar-refractivity contribution in [2.24, 2.45) is 0 Å². The number of halogens is 1. The van der Waals surface area contributed by atoms with Gasteiger partial charge >= 0.3 is 11.9 Å². The van der Waals surface area contributed by atoms with Crippen LogP contribution in [-0.4, -0.2) is 38.9 Å². The fourth-order valence-corrected chi connectivity index (χ4v) is 4.79. The molecular formula is C27H28FNO5.